The average molecular weight is 170 g/mol. The molecular weight excluding hydrogens is 152 g/mol. The molecule has 3 rings (SSSR count). The summed E-state index contributed by atoms with van der Waals surface area (Å²) >= 11 is 2.06. The van der Waals surface area contributed by atoms with Crippen molar-refractivity contribution in [3.05, 3.63) is 0 Å². The van der Waals surface area contributed by atoms with Crippen molar-refractivity contribution < 1.29 is 0 Å². The molecule has 2 bridgehead atoms. The molecule has 64 valence electrons. The minimum absolute atomic E-state index is 0.800. The highest BCUT2D eigenvalue weighted by molar-refractivity contribution is 7.98. The molecule has 0 nitrogen and oxygen atoms in total. The Balaban J connectivity index is 2.00. The molecule has 0 aromatic rings. The maximum Gasteiger partial charge on any atom is -0.00136 e. The molecule has 0 aromatic carbocycles. The van der Waals surface area contributed by atoms with Crippen LogP contribution in [0.2, 0.25) is 0 Å². The first-order valence-corrected chi connectivity index (χ1v) is 6.23. The van der Waals surface area contributed by atoms with Crippen molar-refractivity contribution in [2.45, 2.75) is 38.5 Å². The summed E-state index contributed by atoms with van der Waals surface area (Å²) in [6.07, 6.45) is 11.5. The van der Waals surface area contributed by atoms with Gasteiger partial charge in [0.25, 0.3) is 0 Å². The molecule has 0 spiro atoms. The van der Waals surface area contributed by atoms with Crippen LogP contribution < -0.4 is 0 Å². The summed E-state index contributed by atoms with van der Waals surface area (Å²) in [5.41, 5.74) is 0.800. The van der Waals surface area contributed by atoms with E-state index in [0.717, 1.165) is 11.3 Å². The van der Waals surface area contributed by atoms with Crippen LogP contribution in [0.25, 0.3) is 0 Å². The second-order valence-electron chi connectivity index (χ2n) is 4.42. The van der Waals surface area contributed by atoms with Gasteiger partial charge in [-0.25, -0.2) is 0 Å². The van der Waals surface area contributed by atoms with E-state index in [9.17, 15) is 0 Å². The van der Waals surface area contributed by atoms with Crippen LogP contribution in [0.3, 0.4) is 0 Å². The molecule has 0 N–H and O–H groups in total. The summed E-state index contributed by atoms with van der Waals surface area (Å²) in [7, 11) is 0. The number of fused-ring (bicyclic) bond motifs is 3. The topological polar surface area (TPSA) is 0 Å². The van der Waals surface area contributed by atoms with Crippen LogP contribution in [-0.2, 0) is 0 Å². The van der Waals surface area contributed by atoms with Crippen LogP contribution in [0.4, 0.5) is 0 Å². The average Bonchev–Trinajstić information content (AvgIpc) is 2.07. The van der Waals surface area contributed by atoms with Gasteiger partial charge in [0.05, 0.1) is 0 Å². The minimum atomic E-state index is 0.800. The van der Waals surface area contributed by atoms with Gasteiger partial charge in [-0.3, -0.25) is 0 Å². The van der Waals surface area contributed by atoms with Gasteiger partial charge in [-0.05, 0) is 61.9 Å². The largest absolute Gasteiger partial charge is 0.165 e. The fraction of sp³-hybridized carbons (Fsp3) is 1.00. The zero-order chi connectivity index (χ0) is 7.73. The third-order valence-electron chi connectivity index (χ3n) is 3.70. The van der Waals surface area contributed by atoms with E-state index in [1.54, 1.807) is 38.5 Å². The molecule has 3 fully saturated rings. The predicted molar refractivity (Wildman–Crippen MR) is 52.0 cm³/mol. The molecule has 0 amide bonds. The first-order valence-electron chi connectivity index (χ1n) is 4.84. The predicted octanol–water partition coefficient (Wildman–Crippen LogP) is 3.32. The van der Waals surface area contributed by atoms with Crippen molar-refractivity contribution in [2.75, 3.05) is 12.0 Å². The molecule has 1 heteroatoms. The fourth-order valence-electron chi connectivity index (χ4n) is 2.86. The second-order valence-corrected chi connectivity index (χ2v) is 5.28. The maximum absolute atomic E-state index is 2.26. The standard InChI is InChI=1S/C10H18S/c1-11-8-10-5-2-9(3-6-10)4-7-10/h9H,2-8H2,1H3. The molecule has 0 heterocycles. The molecule has 3 aliphatic rings. The number of hydrogen-bond acceptors (Lipinski definition) is 1. The van der Waals surface area contributed by atoms with Crippen LogP contribution in [0.5, 0.6) is 0 Å². The van der Waals surface area contributed by atoms with Crippen molar-refractivity contribution in [3.63, 3.8) is 0 Å². The molecule has 0 aliphatic heterocycles. The van der Waals surface area contributed by atoms with Crippen LogP contribution >= 0.6 is 11.8 Å². The zero-order valence-corrected chi connectivity index (χ0v) is 8.25. The van der Waals surface area contributed by atoms with E-state index in [1.165, 1.54) is 5.75 Å². The Labute approximate surface area is 74.1 Å². The van der Waals surface area contributed by atoms with E-state index < -0.39 is 0 Å². The molecule has 0 saturated heterocycles. The van der Waals surface area contributed by atoms with E-state index >= 15 is 0 Å². The van der Waals surface area contributed by atoms with Gasteiger partial charge in [0.1, 0.15) is 0 Å². The summed E-state index contributed by atoms with van der Waals surface area (Å²) in [5.74, 6) is 2.55. The van der Waals surface area contributed by atoms with E-state index in [2.05, 4.69) is 18.0 Å². The van der Waals surface area contributed by atoms with Crippen LogP contribution in [0.15, 0.2) is 0 Å². The highest BCUT2D eigenvalue weighted by Crippen LogP contribution is 2.51. The summed E-state index contributed by atoms with van der Waals surface area (Å²) in [5, 5.41) is 0. The third-order valence-corrected chi connectivity index (χ3v) is 4.60. The summed E-state index contributed by atoms with van der Waals surface area (Å²) in [6.45, 7) is 0. The Hall–Kier alpha value is 0.350. The molecule has 0 atom stereocenters. The number of rotatable bonds is 2. The summed E-state index contributed by atoms with van der Waals surface area (Å²) in [4.78, 5) is 0. The van der Waals surface area contributed by atoms with Gasteiger partial charge in [0.15, 0.2) is 0 Å². The number of thioether (sulfide) groups is 1. The molecule has 11 heavy (non-hydrogen) atoms. The first-order chi connectivity index (χ1) is 5.35. The number of hydrogen-bond donors (Lipinski definition) is 0. The van der Waals surface area contributed by atoms with E-state index in [4.69, 9.17) is 0 Å². The van der Waals surface area contributed by atoms with E-state index in [0.29, 0.717) is 0 Å². The lowest BCUT2D eigenvalue weighted by atomic mass is 9.62. The molecule has 3 aliphatic carbocycles. The van der Waals surface area contributed by atoms with E-state index in [1.807, 2.05) is 0 Å². The van der Waals surface area contributed by atoms with Gasteiger partial charge in [-0.1, -0.05) is 0 Å². The molecular formula is C10H18S. The highest BCUT2D eigenvalue weighted by atomic mass is 32.2. The van der Waals surface area contributed by atoms with E-state index in [-0.39, 0.29) is 0 Å². The van der Waals surface area contributed by atoms with Crippen LogP contribution in [0, 0.1) is 11.3 Å². The lowest BCUT2D eigenvalue weighted by Crippen LogP contribution is -2.35. The lowest BCUT2D eigenvalue weighted by Gasteiger charge is -2.46. The summed E-state index contributed by atoms with van der Waals surface area (Å²) in [6, 6.07) is 0. The van der Waals surface area contributed by atoms with Gasteiger partial charge in [0.2, 0.25) is 0 Å². The quantitative estimate of drug-likeness (QED) is 0.612. The Morgan fingerprint density at radius 1 is 1.18 bits per heavy atom. The Morgan fingerprint density at radius 2 is 1.73 bits per heavy atom. The van der Waals surface area contributed by atoms with Gasteiger partial charge < -0.3 is 0 Å². The van der Waals surface area contributed by atoms with Crippen molar-refractivity contribution in [1.29, 1.82) is 0 Å². The highest BCUT2D eigenvalue weighted by Gasteiger charge is 2.39. The van der Waals surface area contributed by atoms with Gasteiger partial charge >= 0.3 is 0 Å². The van der Waals surface area contributed by atoms with Crippen molar-refractivity contribution in [2.24, 2.45) is 11.3 Å². The molecule has 0 aromatic heterocycles. The fourth-order valence-corrected chi connectivity index (χ4v) is 3.91. The first kappa shape index (κ1) is 7.97. The Morgan fingerprint density at radius 3 is 2.18 bits per heavy atom. The van der Waals surface area contributed by atoms with Crippen molar-refractivity contribution in [3.8, 4) is 0 Å². The van der Waals surface area contributed by atoms with Crippen molar-refractivity contribution in [1.82, 2.24) is 0 Å². The Kier molecular flexibility index (Phi) is 2.18. The maximum atomic E-state index is 2.26. The molecule has 3 saturated carbocycles. The zero-order valence-electron chi connectivity index (χ0n) is 7.44. The Bertz CT molecular complexity index is 114. The molecule has 0 radical (unpaired) electrons. The van der Waals surface area contributed by atoms with Gasteiger partial charge in [-0.15, -0.1) is 0 Å². The second kappa shape index (κ2) is 3.01. The smallest absolute Gasteiger partial charge is 0.00136 e. The van der Waals surface area contributed by atoms with Gasteiger partial charge in [-0.2, -0.15) is 11.8 Å². The summed E-state index contributed by atoms with van der Waals surface area (Å²) < 4.78 is 0. The van der Waals surface area contributed by atoms with Crippen molar-refractivity contribution >= 4 is 11.8 Å². The lowest BCUT2D eigenvalue weighted by molar-refractivity contribution is 0.0879. The van der Waals surface area contributed by atoms with Crippen LogP contribution in [-0.4, -0.2) is 12.0 Å². The van der Waals surface area contributed by atoms with Crippen LogP contribution in [0.1, 0.15) is 38.5 Å². The third kappa shape index (κ3) is 1.44. The SMILES string of the molecule is CSCC12CCC(CC1)CC2. The normalized spacial score (nSPS) is 42.8. The minimum Gasteiger partial charge on any atom is -0.165 e. The van der Waals surface area contributed by atoms with Gasteiger partial charge in [0, 0.05) is 0 Å². The molecule has 0 unspecified atom stereocenters. The monoisotopic (exact) mass is 170 g/mol.